The van der Waals surface area contributed by atoms with E-state index in [9.17, 15) is 4.79 Å². The second-order valence-electron chi connectivity index (χ2n) is 3.75. The van der Waals surface area contributed by atoms with E-state index in [4.69, 9.17) is 17.4 Å². The zero-order valence-corrected chi connectivity index (χ0v) is 10.9. The Balaban J connectivity index is 2.27. The van der Waals surface area contributed by atoms with Crippen LogP contribution in [0.25, 0.3) is 0 Å². The van der Waals surface area contributed by atoms with Crippen molar-refractivity contribution in [2.75, 3.05) is 17.4 Å². The number of nitrogen functional groups attached to an aromatic ring is 1. The number of hydrazine groups is 1. The smallest absolute Gasteiger partial charge is 0.260 e. The highest BCUT2D eigenvalue weighted by molar-refractivity contribution is 6.33. The maximum Gasteiger partial charge on any atom is 0.260 e. The lowest BCUT2D eigenvalue weighted by atomic mass is 10.2. The number of aromatic nitrogens is 2. The molecule has 2 aromatic rings. The van der Waals surface area contributed by atoms with E-state index in [0.717, 1.165) is 0 Å². The highest BCUT2D eigenvalue weighted by Gasteiger charge is 2.16. The van der Waals surface area contributed by atoms with Crippen molar-refractivity contribution in [1.82, 2.24) is 9.97 Å². The molecule has 1 amide bonds. The molecule has 7 heteroatoms. The lowest BCUT2D eigenvalue weighted by molar-refractivity contribution is 0.0992. The summed E-state index contributed by atoms with van der Waals surface area (Å²) in [5.74, 6) is 5.84. The second-order valence-corrected chi connectivity index (χ2v) is 4.16. The number of hydrogen-bond acceptors (Lipinski definition) is 5. The highest BCUT2D eigenvalue weighted by Crippen LogP contribution is 2.20. The van der Waals surface area contributed by atoms with Crippen LogP contribution in [-0.2, 0) is 0 Å². The van der Waals surface area contributed by atoms with Crippen LogP contribution in [0.5, 0.6) is 0 Å². The molecule has 0 saturated heterocycles. The fourth-order valence-electron chi connectivity index (χ4n) is 1.51. The average molecular weight is 278 g/mol. The van der Waals surface area contributed by atoms with Crippen LogP contribution in [0.15, 0.2) is 36.7 Å². The van der Waals surface area contributed by atoms with Gasteiger partial charge >= 0.3 is 0 Å². The maximum atomic E-state index is 12.2. The molecule has 0 radical (unpaired) electrons. The van der Waals surface area contributed by atoms with Gasteiger partial charge in [0.2, 0.25) is 0 Å². The van der Waals surface area contributed by atoms with E-state index in [-0.39, 0.29) is 10.9 Å². The minimum absolute atomic E-state index is 0.253. The van der Waals surface area contributed by atoms with Crippen molar-refractivity contribution >= 4 is 29.1 Å². The Labute approximate surface area is 115 Å². The van der Waals surface area contributed by atoms with Gasteiger partial charge in [-0.15, -0.1) is 0 Å². The molecule has 0 fully saturated rings. The standard InChI is InChI=1S/C12H12ClN5O/c1-18(10-4-2-3-5-15-10)12(19)8-6-9(13)11(17-14)16-7-8/h2-7H,14H2,1H3,(H,16,17). The molecule has 2 rings (SSSR count). The first kappa shape index (κ1) is 13.3. The predicted octanol–water partition coefficient (Wildman–Crippen LogP) is 1.69. The molecule has 98 valence electrons. The van der Waals surface area contributed by atoms with E-state index in [1.807, 2.05) is 0 Å². The SMILES string of the molecule is CN(C(=O)c1cnc(NN)c(Cl)c1)c1ccccn1. The largest absolute Gasteiger partial charge is 0.307 e. The van der Waals surface area contributed by atoms with Crippen LogP contribution in [0, 0.1) is 0 Å². The van der Waals surface area contributed by atoms with Crippen molar-refractivity contribution in [3.8, 4) is 0 Å². The molecule has 3 N–H and O–H groups in total. The fourth-order valence-corrected chi connectivity index (χ4v) is 1.73. The number of anilines is 2. The highest BCUT2D eigenvalue weighted by atomic mass is 35.5. The number of carbonyl (C=O) groups excluding carboxylic acids is 1. The summed E-state index contributed by atoms with van der Waals surface area (Å²) in [6, 6.07) is 6.83. The van der Waals surface area contributed by atoms with Gasteiger partial charge in [0.15, 0.2) is 5.82 Å². The number of halogens is 1. The summed E-state index contributed by atoms with van der Waals surface area (Å²) in [5, 5.41) is 0.280. The molecule has 0 spiro atoms. The van der Waals surface area contributed by atoms with E-state index in [1.165, 1.54) is 17.2 Å². The van der Waals surface area contributed by atoms with Crippen molar-refractivity contribution in [2.45, 2.75) is 0 Å². The summed E-state index contributed by atoms with van der Waals surface area (Å²) in [7, 11) is 1.63. The van der Waals surface area contributed by atoms with Gasteiger partial charge in [0.25, 0.3) is 5.91 Å². The molecule has 0 aliphatic rings. The Morgan fingerprint density at radius 3 is 2.79 bits per heavy atom. The third kappa shape index (κ3) is 2.81. The molecule has 0 bridgehead atoms. The molecule has 2 heterocycles. The van der Waals surface area contributed by atoms with Gasteiger partial charge in [-0.1, -0.05) is 17.7 Å². The van der Waals surface area contributed by atoms with Crippen LogP contribution in [0.2, 0.25) is 5.02 Å². The Bertz CT molecular complexity index is 590. The summed E-state index contributed by atoms with van der Waals surface area (Å²) in [6.45, 7) is 0. The number of nitrogens with one attached hydrogen (secondary N) is 1. The summed E-state index contributed by atoms with van der Waals surface area (Å²) in [5.41, 5.74) is 2.70. The molecule has 0 aliphatic carbocycles. The van der Waals surface area contributed by atoms with Crippen LogP contribution in [0.1, 0.15) is 10.4 Å². The van der Waals surface area contributed by atoms with Crippen molar-refractivity contribution in [1.29, 1.82) is 0 Å². The first-order valence-corrected chi connectivity index (χ1v) is 5.82. The topological polar surface area (TPSA) is 84.1 Å². The van der Waals surface area contributed by atoms with E-state index < -0.39 is 0 Å². The van der Waals surface area contributed by atoms with Crippen LogP contribution in [-0.4, -0.2) is 22.9 Å². The molecule has 6 nitrogen and oxygen atoms in total. The Morgan fingerprint density at radius 1 is 1.42 bits per heavy atom. The van der Waals surface area contributed by atoms with Crippen LogP contribution in [0.3, 0.4) is 0 Å². The van der Waals surface area contributed by atoms with Gasteiger partial charge in [0, 0.05) is 19.4 Å². The van der Waals surface area contributed by atoms with Crippen LogP contribution in [0.4, 0.5) is 11.6 Å². The first-order valence-electron chi connectivity index (χ1n) is 5.44. The number of carbonyl (C=O) groups is 1. The normalized spacial score (nSPS) is 10.1. The zero-order chi connectivity index (χ0) is 13.8. The van der Waals surface area contributed by atoms with Crippen molar-refractivity contribution in [2.24, 2.45) is 5.84 Å². The molecule has 0 saturated carbocycles. The van der Waals surface area contributed by atoms with Gasteiger partial charge in [0.05, 0.1) is 10.6 Å². The lowest BCUT2D eigenvalue weighted by Crippen LogP contribution is -2.27. The van der Waals surface area contributed by atoms with E-state index in [0.29, 0.717) is 17.2 Å². The van der Waals surface area contributed by atoms with Gasteiger partial charge in [-0.05, 0) is 18.2 Å². The number of amides is 1. The molecule has 0 aromatic carbocycles. The average Bonchev–Trinajstić information content (AvgIpc) is 2.46. The number of hydrogen-bond donors (Lipinski definition) is 2. The summed E-state index contributed by atoms with van der Waals surface area (Å²) in [6.07, 6.45) is 3.02. The quantitative estimate of drug-likeness (QED) is 0.659. The van der Waals surface area contributed by atoms with Gasteiger partial charge < -0.3 is 5.43 Å². The summed E-state index contributed by atoms with van der Waals surface area (Å²) in [4.78, 5) is 21.7. The van der Waals surface area contributed by atoms with Crippen molar-refractivity contribution < 1.29 is 4.79 Å². The second kappa shape index (κ2) is 5.64. The third-order valence-electron chi connectivity index (χ3n) is 2.52. The molecular formula is C12H12ClN5O. The van der Waals surface area contributed by atoms with Crippen molar-refractivity contribution in [3.05, 3.63) is 47.2 Å². The van der Waals surface area contributed by atoms with E-state index in [2.05, 4.69) is 15.4 Å². The monoisotopic (exact) mass is 277 g/mol. The Hall–Kier alpha value is -2.18. The molecule has 0 unspecified atom stereocenters. The van der Waals surface area contributed by atoms with Gasteiger partial charge in [-0.2, -0.15) is 0 Å². The van der Waals surface area contributed by atoms with Gasteiger partial charge in [0.1, 0.15) is 5.82 Å². The number of nitrogens with two attached hydrogens (primary N) is 1. The first-order chi connectivity index (χ1) is 9.13. The molecule has 0 aliphatic heterocycles. The minimum Gasteiger partial charge on any atom is -0.307 e. The summed E-state index contributed by atoms with van der Waals surface area (Å²) < 4.78 is 0. The summed E-state index contributed by atoms with van der Waals surface area (Å²) >= 11 is 5.93. The zero-order valence-electron chi connectivity index (χ0n) is 10.2. The van der Waals surface area contributed by atoms with E-state index >= 15 is 0 Å². The Morgan fingerprint density at radius 2 is 2.21 bits per heavy atom. The maximum absolute atomic E-state index is 12.2. The lowest BCUT2D eigenvalue weighted by Gasteiger charge is -2.16. The number of nitrogens with zero attached hydrogens (tertiary/aromatic N) is 3. The van der Waals surface area contributed by atoms with Crippen LogP contribution >= 0.6 is 11.6 Å². The van der Waals surface area contributed by atoms with Gasteiger partial charge in [-0.25, -0.2) is 15.8 Å². The molecular weight excluding hydrogens is 266 g/mol. The number of rotatable bonds is 3. The molecule has 2 aromatic heterocycles. The molecule has 0 atom stereocenters. The predicted molar refractivity (Wildman–Crippen MR) is 74.0 cm³/mol. The number of pyridine rings is 2. The van der Waals surface area contributed by atoms with Crippen LogP contribution < -0.4 is 16.2 Å². The molecule has 19 heavy (non-hydrogen) atoms. The minimum atomic E-state index is -0.253. The van der Waals surface area contributed by atoms with E-state index in [1.54, 1.807) is 31.4 Å². The Kier molecular flexibility index (Phi) is 3.94. The third-order valence-corrected chi connectivity index (χ3v) is 2.81. The van der Waals surface area contributed by atoms with Gasteiger partial charge in [-0.3, -0.25) is 9.69 Å². The fraction of sp³-hybridized carbons (Fsp3) is 0.0833. The van der Waals surface area contributed by atoms with Crippen molar-refractivity contribution in [3.63, 3.8) is 0 Å².